The Balaban J connectivity index is 2.07. The Morgan fingerprint density at radius 2 is 2.32 bits per heavy atom. The fourth-order valence-electron chi connectivity index (χ4n) is 2.03. The molecule has 4 nitrogen and oxygen atoms in total. The molecule has 2 N–H and O–H groups in total. The molecule has 0 saturated heterocycles. The molecule has 2 aromatic heterocycles. The second kappa shape index (κ2) is 4.92. The van der Waals surface area contributed by atoms with Gasteiger partial charge in [-0.05, 0) is 30.1 Å². The number of aryl methyl sites for hydroxylation is 1. The fraction of sp³-hybridized carbons (Fsp3) is 0.231. The number of furan rings is 1. The van der Waals surface area contributed by atoms with Crippen LogP contribution in [0.5, 0.6) is 0 Å². The molecule has 6 heteroatoms. The molecular weight excluding hydrogens is 282 g/mol. The van der Waals surface area contributed by atoms with E-state index in [0.717, 1.165) is 22.4 Å². The lowest BCUT2D eigenvalue weighted by Gasteiger charge is -2.06. The van der Waals surface area contributed by atoms with Gasteiger partial charge in [0.2, 0.25) is 0 Å². The number of halogens is 1. The van der Waals surface area contributed by atoms with E-state index >= 15 is 0 Å². The summed E-state index contributed by atoms with van der Waals surface area (Å²) < 4.78 is 9.73. The SMILES string of the molecule is CCc1nnsc1C(N)c1cc2cccc(Cl)c2o1. The van der Waals surface area contributed by atoms with Gasteiger partial charge in [0.15, 0.2) is 5.58 Å². The van der Waals surface area contributed by atoms with Gasteiger partial charge in [0, 0.05) is 5.39 Å². The number of para-hydroxylation sites is 1. The molecule has 3 aromatic rings. The molecule has 98 valence electrons. The topological polar surface area (TPSA) is 64.9 Å². The highest BCUT2D eigenvalue weighted by Crippen LogP contribution is 2.32. The zero-order valence-corrected chi connectivity index (χ0v) is 11.8. The molecule has 0 radical (unpaired) electrons. The summed E-state index contributed by atoms with van der Waals surface area (Å²) in [7, 11) is 0. The number of nitrogens with two attached hydrogens (primary N) is 1. The molecule has 0 bridgehead atoms. The fourth-order valence-corrected chi connectivity index (χ4v) is 2.99. The van der Waals surface area contributed by atoms with E-state index in [9.17, 15) is 0 Å². The van der Waals surface area contributed by atoms with Gasteiger partial charge < -0.3 is 10.2 Å². The molecule has 0 fully saturated rings. The van der Waals surface area contributed by atoms with Crippen LogP contribution >= 0.6 is 23.1 Å². The zero-order valence-electron chi connectivity index (χ0n) is 10.3. The van der Waals surface area contributed by atoms with E-state index < -0.39 is 0 Å². The van der Waals surface area contributed by atoms with E-state index in [4.69, 9.17) is 21.8 Å². The molecule has 19 heavy (non-hydrogen) atoms. The van der Waals surface area contributed by atoms with Gasteiger partial charge in [0.05, 0.1) is 15.6 Å². The van der Waals surface area contributed by atoms with E-state index in [2.05, 4.69) is 9.59 Å². The highest BCUT2D eigenvalue weighted by atomic mass is 35.5. The Hall–Kier alpha value is -1.43. The molecule has 2 heterocycles. The van der Waals surface area contributed by atoms with Gasteiger partial charge in [-0.3, -0.25) is 0 Å². The smallest absolute Gasteiger partial charge is 0.152 e. The molecule has 0 amide bonds. The predicted molar refractivity (Wildman–Crippen MR) is 76.5 cm³/mol. The van der Waals surface area contributed by atoms with Crippen LogP contribution in [0, 0.1) is 0 Å². The van der Waals surface area contributed by atoms with Crippen molar-refractivity contribution in [1.82, 2.24) is 9.59 Å². The molecule has 1 unspecified atom stereocenters. The van der Waals surface area contributed by atoms with Gasteiger partial charge in [-0.25, -0.2) is 0 Å². The third-order valence-electron chi connectivity index (χ3n) is 3.02. The first-order valence-corrected chi connectivity index (χ1v) is 7.10. The summed E-state index contributed by atoms with van der Waals surface area (Å²) >= 11 is 7.41. The maximum absolute atomic E-state index is 6.24. The molecule has 1 aromatic carbocycles. The third-order valence-corrected chi connectivity index (χ3v) is 4.17. The molecule has 0 aliphatic heterocycles. The average Bonchev–Trinajstić information content (AvgIpc) is 3.04. The second-order valence-corrected chi connectivity index (χ2v) is 5.41. The summed E-state index contributed by atoms with van der Waals surface area (Å²) in [5, 5.41) is 5.62. The number of fused-ring (bicyclic) bond motifs is 1. The Morgan fingerprint density at radius 3 is 3.05 bits per heavy atom. The van der Waals surface area contributed by atoms with E-state index in [-0.39, 0.29) is 6.04 Å². The lowest BCUT2D eigenvalue weighted by molar-refractivity contribution is 0.526. The standard InChI is InChI=1S/C13H12ClN3OS/c1-2-9-13(19-17-16-9)11(15)10-6-7-4-3-5-8(14)12(7)18-10/h3-6,11H,2,15H2,1H3. The van der Waals surface area contributed by atoms with Gasteiger partial charge in [-0.2, -0.15) is 0 Å². The Labute approximate surface area is 119 Å². The van der Waals surface area contributed by atoms with Crippen LogP contribution in [0.3, 0.4) is 0 Å². The zero-order chi connectivity index (χ0) is 13.4. The maximum Gasteiger partial charge on any atom is 0.152 e. The number of hydrogen-bond donors (Lipinski definition) is 1. The Bertz CT molecular complexity index is 722. The van der Waals surface area contributed by atoms with Crippen LogP contribution in [0.15, 0.2) is 28.7 Å². The molecule has 0 aliphatic carbocycles. The number of rotatable bonds is 3. The third kappa shape index (κ3) is 2.14. The minimum absolute atomic E-state index is 0.349. The number of hydrogen-bond acceptors (Lipinski definition) is 5. The highest BCUT2D eigenvalue weighted by molar-refractivity contribution is 7.05. The van der Waals surface area contributed by atoms with Crippen molar-refractivity contribution in [3.8, 4) is 0 Å². The summed E-state index contributed by atoms with van der Waals surface area (Å²) in [5.41, 5.74) is 7.84. The van der Waals surface area contributed by atoms with Crippen molar-refractivity contribution < 1.29 is 4.42 Å². The number of aromatic nitrogens is 2. The van der Waals surface area contributed by atoms with Gasteiger partial charge in [-0.1, -0.05) is 35.1 Å². The van der Waals surface area contributed by atoms with E-state index in [1.165, 1.54) is 11.5 Å². The van der Waals surface area contributed by atoms with Crippen molar-refractivity contribution in [2.24, 2.45) is 5.73 Å². The van der Waals surface area contributed by atoms with Crippen molar-refractivity contribution in [3.63, 3.8) is 0 Å². The normalized spacial score (nSPS) is 13.0. The molecule has 1 atom stereocenters. The largest absolute Gasteiger partial charge is 0.457 e. The highest BCUT2D eigenvalue weighted by Gasteiger charge is 2.20. The van der Waals surface area contributed by atoms with Crippen LogP contribution < -0.4 is 5.73 Å². The van der Waals surface area contributed by atoms with Crippen molar-refractivity contribution in [1.29, 1.82) is 0 Å². The number of benzene rings is 1. The minimum Gasteiger partial charge on any atom is -0.457 e. The van der Waals surface area contributed by atoms with E-state index in [1.54, 1.807) is 6.07 Å². The first-order valence-electron chi connectivity index (χ1n) is 5.95. The maximum atomic E-state index is 6.24. The van der Waals surface area contributed by atoms with Gasteiger partial charge >= 0.3 is 0 Å². The van der Waals surface area contributed by atoms with Gasteiger partial charge in [-0.15, -0.1) is 5.10 Å². The first kappa shape index (κ1) is 12.6. The summed E-state index contributed by atoms with van der Waals surface area (Å²) in [4.78, 5) is 0.942. The first-order chi connectivity index (χ1) is 9.20. The van der Waals surface area contributed by atoms with Crippen LogP contribution in [-0.4, -0.2) is 9.59 Å². The van der Waals surface area contributed by atoms with Crippen LogP contribution in [0.4, 0.5) is 0 Å². The van der Waals surface area contributed by atoms with Crippen molar-refractivity contribution in [3.05, 3.63) is 45.6 Å². The van der Waals surface area contributed by atoms with Crippen LogP contribution in [0.25, 0.3) is 11.0 Å². The Kier molecular flexibility index (Phi) is 3.26. The molecule has 3 rings (SSSR count). The van der Waals surface area contributed by atoms with Crippen molar-refractivity contribution in [2.45, 2.75) is 19.4 Å². The van der Waals surface area contributed by atoms with E-state index in [1.807, 2.05) is 25.1 Å². The monoisotopic (exact) mass is 293 g/mol. The van der Waals surface area contributed by atoms with Gasteiger partial charge in [0.1, 0.15) is 11.8 Å². The summed E-state index contributed by atoms with van der Waals surface area (Å²) in [6.07, 6.45) is 0.806. The summed E-state index contributed by atoms with van der Waals surface area (Å²) in [6.45, 7) is 2.03. The summed E-state index contributed by atoms with van der Waals surface area (Å²) in [5.74, 6) is 0.684. The molecular formula is C13H12ClN3OS. The average molecular weight is 294 g/mol. The molecule has 0 spiro atoms. The van der Waals surface area contributed by atoms with Crippen molar-refractivity contribution >= 4 is 34.1 Å². The van der Waals surface area contributed by atoms with Crippen molar-refractivity contribution in [2.75, 3.05) is 0 Å². The lowest BCUT2D eigenvalue weighted by Crippen LogP contribution is -2.11. The second-order valence-electron chi connectivity index (χ2n) is 4.22. The molecule has 0 aliphatic rings. The quantitative estimate of drug-likeness (QED) is 0.802. The Morgan fingerprint density at radius 1 is 1.47 bits per heavy atom. The molecule has 0 saturated carbocycles. The van der Waals surface area contributed by atoms with Crippen LogP contribution in [0.2, 0.25) is 5.02 Å². The van der Waals surface area contributed by atoms with Gasteiger partial charge in [0.25, 0.3) is 0 Å². The lowest BCUT2D eigenvalue weighted by atomic mass is 10.1. The summed E-state index contributed by atoms with van der Waals surface area (Å²) in [6, 6.07) is 7.21. The minimum atomic E-state index is -0.349. The van der Waals surface area contributed by atoms with Crippen LogP contribution in [-0.2, 0) is 6.42 Å². The number of nitrogens with zero attached hydrogens (tertiary/aromatic N) is 2. The van der Waals surface area contributed by atoms with Crippen LogP contribution in [0.1, 0.15) is 29.3 Å². The predicted octanol–water partition coefficient (Wildman–Crippen LogP) is 3.55. The van der Waals surface area contributed by atoms with E-state index in [0.29, 0.717) is 16.4 Å².